The van der Waals surface area contributed by atoms with Crippen molar-refractivity contribution in [3.8, 4) is 17.2 Å². The van der Waals surface area contributed by atoms with Gasteiger partial charge in [-0.25, -0.2) is 0 Å². The molecule has 0 aliphatic carbocycles. The lowest BCUT2D eigenvalue weighted by molar-refractivity contribution is -0.118. The van der Waals surface area contributed by atoms with E-state index in [1.54, 1.807) is 19.1 Å². The molecule has 0 saturated carbocycles. The van der Waals surface area contributed by atoms with Gasteiger partial charge in [0.1, 0.15) is 23.9 Å². The number of carbonyl (C=O) groups is 1. The highest BCUT2D eigenvalue weighted by Crippen LogP contribution is 2.32. The van der Waals surface area contributed by atoms with Gasteiger partial charge in [-0.15, -0.1) is 0 Å². The van der Waals surface area contributed by atoms with Crippen LogP contribution in [0.2, 0.25) is 0 Å². The number of methoxy groups -OCH3 is 2. The molecule has 1 aliphatic heterocycles. The predicted molar refractivity (Wildman–Crippen MR) is 87.5 cm³/mol. The van der Waals surface area contributed by atoms with Gasteiger partial charge in [-0.3, -0.25) is 4.79 Å². The van der Waals surface area contributed by atoms with Crippen molar-refractivity contribution in [1.82, 2.24) is 0 Å². The van der Waals surface area contributed by atoms with Crippen molar-refractivity contribution in [3.05, 3.63) is 48.0 Å². The van der Waals surface area contributed by atoms with Crippen LogP contribution < -0.4 is 19.1 Å². The summed E-state index contributed by atoms with van der Waals surface area (Å²) >= 11 is 0. The summed E-state index contributed by atoms with van der Waals surface area (Å²) in [5, 5.41) is 0. The molecule has 0 bridgehead atoms. The Morgan fingerprint density at radius 3 is 2.78 bits per heavy atom. The number of para-hydroxylation sites is 2. The normalized spacial score (nSPS) is 13.0. The molecule has 0 aromatic heterocycles. The first-order valence-electron chi connectivity index (χ1n) is 7.46. The molecule has 0 unspecified atom stereocenters. The smallest absolute Gasteiger partial charge is 0.231 e. The van der Waals surface area contributed by atoms with Crippen molar-refractivity contribution in [3.63, 3.8) is 0 Å². The standard InChI is InChI=1S/C18H19NO4/c1-21-14-7-8-16(22-2)13(11-14)12-18(20)19-9-10-23-17-6-4-3-5-15(17)19/h3-8,11H,9-10,12H2,1-2H3. The van der Waals surface area contributed by atoms with Crippen molar-refractivity contribution >= 4 is 11.6 Å². The van der Waals surface area contributed by atoms with Crippen LogP contribution in [0.15, 0.2) is 42.5 Å². The van der Waals surface area contributed by atoms with Gasteiger partial charge >= 0.3 is 0 Å². The SMILES string of the molecule is COc1ccc(OC)c(CC(=O)N2CCOc3ccccc32)c1. The molecule has 2 aromatic carbocycles. The number of nitrogens with zero attached hydrogens (tertiary/aromatic N) is 1. The van der Waals surface area contributed by atoms with E-state index in [1.807, 2.05) is 42.5 Å². The van der Waals surface area contributed by atoms with Crippen molar-refractivity contribution in [2.75, 3.05) is 32.3 Å². The number of amides is 1. The summed E-state index contributed by atoms with van der Waals surface area (Å²) in [7, 11) is 3.20. The number of fused-ring (bicyclic) bond motifs is 1. The lowest BCUT2D eigenvalue weighted by Crippen LogP contribution is -2.38. The van der Waals surface area contributed by atoms with Gasteiger partial charge in [-0.05, 0) is 30.3 Å². The van der Waals surface area contributed by atoms with Crippen LogP contribution in [0.25, 0.3) is 0 Å². The highest BCUT2D eigenvalue weighted by Gasteiger charge is 2.24. The monoisotopic (exact) mass is 313 g/mol. The van der Waals surface area contributed by atoms with Gasteiger partial charge in [0.15, 0.2) is 0 Å². The van der Waals surface area contributed by atoms with E-state index < -0.39 is 0 Å². The molecule has 5 nitrogen and oxygen atoms in total. The molecular formula is C18H19NO4. The zero-order valence-electron chi connectivity index (χ0n) is 13.2. The Bertz CT molecular complexity index is 714. The van der Waals surface area contributed by atoms with Crippen LogP contribution in [0.4, 0.5) is 5.69 Å². The average molecular weight is 313 g/mol. The van der Waals surface area contributed by atoms with E-state index in [-0.39, 0.29) is 12.3 Å². The Hall–Kier alpha value is -2.69. The molecule has 0 radical (unpaired) electrons. The van der Waals surface area contributed by atoms with E-state index in [0.717, 1.165) is 17.0 Å². The van der Waals surface area contributed by atoms with Crippen molar-refractivity contribution < 1.29 is 19.0 Å². The third-order valence-electron chi connectivity index (χ3n) is 3.86. The first kappa shape index (κ1) is 15.2. The Morgan fingerprint density at radius 2 is 2.00 bits per heavy atom. The Balaban J connectivity index is 1.86. The summed E-state index contributed by atoms with van der Waals surface area (Å²) in [5.41, 5.74) is 1.62. The fourth-order valence-electron chi connectivity index (χ4n) is 2.71. The fourth-order valence-corrected chi connectivity index (χ4v) is 2.71. The highest BCUT2D eigenvalue weighted by atomic mass is 16.5. The van der Waals surface area contributed by atoms with Crippen LogP contribution in [0.1, 0.15) is 5.56 Å². The van der Waals surface area contributed by atoms with E-state index in [2.05, 4.69) is 0 Å². The van der Waals surface area contributed by atoms with Gasteiger partial charge in [0, 0.05) is 5.56 Å². The van der Waals surface area contributed by atoms with E-state index in [9.17, 15) is 4.79 Å². The maximum atomic E-state index is 12.8. The summed E-state index contributed by atoms with van der Waals surface area (Å²) in [6.07, 6.45) is 0.245. The molecule has 23 heavy (non-hydrogen) atoms. The number of hydrogen-bond donors (Lipinski definition) is 0. The van der Waals surface area contributed by atoms with Gasteiger partial charge in [0.2, 0.25) is 5.91 Å². The van der Waals surface area contributed by atoms with E-state index >= 15 is 0 Å². The van der Waals surface area contributed by atoms with Gasteiger partial charge in [-0.2, -0.15) is 0 Å². The summed E-state index contributed by atoms with van der Waals surface area (Å²) in [6.45, 7) is 1.04. The van der Waals surface area contributed by atoms with Crippen molar-refractivity contribution in [2.24, 2.45) is 0 Å². The minimum atomic E-state index is 0.00676. The number of hydrogen-bond acceptors (Lipinski definition) is 4. The van der Waals surface area contributed by atoms with Gasteiger partial charge in [-0.1, -0.05) is 12.1 Å². The van der Waals surface area contributed by atoms with Crippen molar-refractivity contribution in [1.29, 1.82) is 0 Å². The lowest BCUT2D eigenvalue weighted by Gasteiger charge is -2.29. The van der Waals surface area contributed by atoms with E-state index in [0.29, 0.717) is 24.7 Å². The topological polar surface area (TPSA) is 48.0 Å². The van der Waals surface area contributed by atoms with Gasteiger partial charge < -0.3 is 19.1 Å². The maximum absolute atomic E-state index is 12.8. The molecule has 0 saturated heterocycles. The molecule has 1 aliphatic rings. The second-order valence-corrected chi connectivity index (χ2v) is 5.22. The zero-order chi connectivity index (χ0) is 16.2. The highest BCUT2D eigenvalue weighted by molar-refractivity contribution is 5.96. The van der Waals surface area contributed by atoms with Crippen LogP contribution in [0.3, 0.4) is 0 Å². The molecule has 0 N–H and O–H groups in total. The number of benzene rings is 2. The summed E-state index contributed by atoms with van der Waals surface area (Å²) in [4.78, 5) is 14.5. The molecule has 1 amide bonds. The molecule has 3 rings (SSSR count). The third kappa shape index (κ3) is 3.08. The van der Waals surface area contributed by atoms with Crippen LogP contribution in [-0.2, 0) is 11.2 Å². The summed E-state index contributed by atoms with van der Waals surface area (Å²) in [6, 6.07) is 13.0. The molecule has 0 atom stereocenters. The summed E-state index contributed by atoms with van der Waals surface area (Å²) < 4.78 is 16.2. The number of carbonyl (C=O) groups excluding carboxylic acids is 1. The quantitative estimate of drug-likeness (QED) is 0.871. The molecule has 1 heterocycles. The molecule has 0 fully saturated rings. The first-order valence-corrected chi connectivity index (χ1v) is 7.46. The molecule has 5 heteroatoms. The molecule has 0 spiro atoms. The minimum Gasteiger partial charge on any atom is -0.497 e. The Morgan fingerprint density at radius 1 is 1.17 bits per heavy atom. The fraction of sp³-hybridized carbons (Fsp3) is 0.278. The number of rotatable bonds is 4. The predicted octanol–water partition coefficient (Wildman–Crippen LogP) is 2.67. The molecule has 120 valence electrons. The molecule has 2 aromatic rings. The minimum absolute atomic E-state index is 0.00676. The maximum Gasteiger partial charge on any atom is 0.231 e. The van der Waals surface area contributed by atoms with E-state index in [4.69, 9.17) is 14.2 Å². The Labute approximate surface area is 135 Å². The Kier molecular flexibility index (Phi) is 4.37. The van der Waals surface area contributed by atoms with Crippen LogP contribution in [0.5, 0.6) is 17.2 Å². The zero-order valence-corrected chi connectivity index (χ0v) is 13.2. The lowest BCUT2D eigenvalue weighted by atomic mass is 10.1. The van der Waals surface area contributed by atoms with E-state index in [1.165, 1.54) is 0 Å². The number of ether oxygens (including phenoxy) is 3. The van der Waals surface area contributed by atoms with Crippen molar-refractivity contribution in [2.45, 2.75) is 6.42 Å². The molecular weight excluding hydrogens is 294 g/mol. The summed E-state index contributed by atoms with van der Waals surface area (Å²) in [5.74, 6) is 2.13. The van der Waals surface area contributed by atoms with Crippen LogP contribution >= 0.6 is 0 Å². The van der Waals surface area contributed by atoms with Crippen LogP contribution in [0, 0.1) is 0 Å². The third-order valence-corrected chi connectivity index (χ3v) is 3.86. The second-order valence-electron chi connectivity index (χ2n) is 5.22. The number of anilines is 1. The second kappa shape index (κ2) is 6.60. The van der Waals surface area contributed by atoms with Crippen LogP contribution in [-0.4, -0.2) is 33.3 Å². The van der Waals surface area contributed by atoms with Gasteiger partial charge in [0.25, 0.3) is 0 Å². The largest absolute Gasteiger partial charge is 0.497 e. The first-order chi connectivity index (χ1) is 11.2. The average Bonchev–Trinajstić information content (AvgIpc) is 2.61. The van der Waals surface area contributed by atoms with Gasteiger partial charge in [0.05, 0.1) is 32.9 Å².